The number of fused-ring (bicyclic) bond motifs is 1. The second-order valence-corrected chi connectivity index (χ2v) is 6.08. The number of imidazole rings is 1. The first kappa shape index (κ1) is 15.0. The Hall–Kier alpha value is -2.60. The van der Waals surface area contributed by atoms with Crippen LogP contribution in [0.2, 0.25) is 0 Å². The molecule has 0 atom stereocenters. The van der Waals surface area contributed by atoms with Gasteiger partial charge in [-0.25, -0.2) is 9.97 Å². The van der Waals surface area contributed by atoms with E-state index in [1.807, 2.05) is 35.2 Å². The molecule has 1 aromatic carbocycles. The minimum absolute atomic E-state index is 0.473. The first-order valence-electron chi connectivity index (χ1n) is 8.11. The Morgan fingerprint density at radius 2 is 2.12 bits per heavy atom. The molecule has 1 aliphatic rings. The number of hydrogen-bond acceptors (Lipinski definition) is 5. The van der Waals surface area contributed by atoms with Crippen LogP contribution in [0.15, 0.2) is 36.8 Å². The van der Waals surface area contributed by atoms with Gasteiger partial charge in [-0.3, -0.25) is 4.57 Å². The first-order valence-corrected chi connectivity index (χ1v) is 8.11. The molecule has 0 unspecified atom stereocenters. The summed E-state index contributed by atoms with van der Waals surface area (Å²) in [5, 5.41) is 0.900. The van der Waals surface area contributed by atoms with Crippen LogP contribution >= 0.6 is 0 Å². The molecule has 0 aliphatic heterocycles. The summed E-state index contributed by atoms with van der Waals surface area (Å²) in [6.07, 6.45) is 6.33. The number of benzene rings is 1. The quantitative estimate of drug-likeness (QED) is 0.557. The van der Waals surface area contributed by atoms with E-state index in [-0.39, 0.29) is 0 Å². The highest BCUT2D eigenvalue weighted by atomic mass is 16.5. The summed E-state index contributed by atoms with van der Waals surface area (Å²) in [5.41, 5.74) is 8.58. The average Bonchev–Trinajstić information content (AvgIpc) is 3.32. The Morgan fingerprint density at radius 1 is 1.25 bits per heavy atom. The maximum atomic E-state index is 5.92. The van der Waals surface area contributed by atoms with Crippen molar-refractivity contribution >= 4 is 16.6 Å². The van der Waals surface area contributed by atoms with Gasteiger partial charge in [-0.05, 0) is 31.0 Å². The van der Waals surface area contributed by atoms with Crippen molar-refractivity contribution in [1.29, 1.82) is 0 Å². The van der Waals surface area contributed by atoms with Gasteiger partial charge < -0.3 is 15.2 Å². The largest absolute Gasteiger partial charge is 0.490 e. The standard InChI is InChI=1S/C18H20N4O2/c1-23-6-7-24-17-9-18(21-15-5-4-13(19)8-14(15)17)22-10-16(20-11-22)12-2-3-12/h4-5,8-12H,2-3,6-7,19H2,1H3. The molecule has 6 heteroatoms. The number of pyridine rings is 1. The zero-order valence-electron chi connectivity index (χ0n) is 13.6. The number of ether oxygens (including phenoxy) is 2. The van der Waals surface area contributed by atoms with Gasteiger partial charge in [0.2, 0.25) is 0 Å². The number of methoxy groups -OCH3 is 1. The predicted molar refractivity (Wildman–Crippen MR) is 92.6 cm³/mol. The number of nitrogen functional groups attached to an aromatic ring is 1. The number of anilines is 1. The third-order valence-corrected chi connectivity index (χ3v) is 4.19. The summed E-state index contributed by atoms with van der Waals surface area (Å²) < 4.78 is 12.9. The average molecular weight is 324 g/mol. The van der Waals surface area contributed by atoms with E-state index >= 15 is 0 Å². The summed E-state index contributed by atoms with van der Waals surface area (Å²) in [7, 11) is 1.66. The van der Waals surface area contributed by atoms with Crippen LogP contribution in [0.1, 0.15) is 24.5 Å². The highest BCUT2D eigenvalue weighted by Gasteiger charge is 2.26. The molecule has 1 aliphatic carbocycles. The van der Waals surface area contributed by atoms with Gasteiger partial charge in [0, 0.05) is 36.4 Å². The van der Waals surface area contributed by atoms with Gasteiger partial charge in [0.25, 0.3) is 0 Å². The second-order valence-electron chi connectivity index (χ2n) is 6.08. The molecule has 3 aromatic rings. The minimum atomic E-state index is 0.473. The number of nitrogens with zero attached hydrogens (tertiary/aromatic N) is 3. The fourth-order valence-corrected chi connectivity index (χ4v) is 2.74. The lowest BCUT2D eigenvalue weighted by Gasteiger charge is -2.12. The lowest BCUT2D eigenvalue weighted by Crippen LogP contribution is -2.06. The summed E-state index contributed by atoms with van der Waals surface area (Å²) in [4.78, 5) is 9.22. The molecule has 6 nitrogen and oxygen atoms in total. The molecular weight excluding hydrogens is 304 g/mol. The summed E-state index contributed by atoms with van der Waals surface area (Å²) in [6, 6.07) is 7.57. The van der Waals surface area contributed by atoms with E-state index in [2.05, 4.69) is 11.2 Å². The molecule has 1 saturated carbocycles. The zero-order chi connectivity index (χ0) is 16.5. The first-order chi connectivity index (χ1) is 11.7. The number of nitrogens with two attached hydrogens (primary N) is 1. The molecule has 0 saturated heterocycles. The van der Waals surface area contributed by atoms with E-state index in [4.69, 9.17) is 20.2 Å². The van der Waals surface area contributed by atoms with E-state index in [9.17, 15) is 0 Å². The molecule has 2 N–H and O–H groups in total. The van der Waals surface area contributed by atoms with Crippen LogP contribution in [0.4, 0.5) is 5.69 Å². The van der Waals surface area contributed by atoms with Crippen molar-refractivity contribution in [2.24, 2.45) is 0 Å². The monoisotopic (exact) mass is 324 g/mol. The van der Waals surface area contributed by atoms with Crippen molar-refractivity contribution in [3.8, 4) is 11.6 Å². The van der Waals surface area contributed by atoms with Gasteiger partial charge in [-0.1, -0.05) is 0 Å². The molecule has 4 rings (SSSR count). The molecule has 0 bridgehead atoms. The molecular formula is C18H20N4O2. The van der Waals surface area contributed by atoms with Crippen LogP contribution in [0, 0.1) is 0 Å². The lowest BCUT2D eigenvalue weighted by molar-refractivity contribution is 0.147. The Labute approximate surface area is 140 Å². The molecule has 2 heterocycles. The second kappa shape index (κ2) is 6.13. The van der Waals surface area contributed by atoms with Crippen molar-refractivity contribution < 1.29 is 9.47 Å². The Kier molecular flexibility index (Phi) is 3.82. The van der Waals surface area contributed by atoms with Crippen LogP contribution < -0.4 is 10.5 Å². The summed E-state index contributed by atoms with van der Waals surface area (Å²) in [5.74, 6) is 2.16. The highest BCUT2D eigenvalue weighted by molar-refractivity contribution is 5.88. The fraction of sp³-hybridized carbons (Fsp3) is 0.333. The molecule has 124 valence electrons. The SMILES string of the molecule is COCCOc1cc(-n2cnc(C3CC3)c2)nc2ccc(N)cc12. The van der Waals surface area contributed by atoms with Gasteiger partial charge in [-0.2, -0.15) is 0 Å². The van der Waals surface area contributed by atoms with E-state index in [1.54, 1.807) is 7.11 Å². The van der Waals surface area contributed by atoms with Gasteiger partial charge in [0.05, 0.1) is 17.8 Å². The third kappa shape index (κ3) is 2.92. The molecule has 24 heavy (non-hydrogen) atoms. The van der Waals surface area contributed by atoms with Crippen molar-refractivity contribution in [2.75, 3.05) is 26.1 Å². The van der Waals surface area contributed by atoms with Crippen molar-refractivity contribution in [3.63, 3.8) is 0 Å². The third-order valence-electron chi connectivity index (χ3n) is 4.19. The molecule has 0 amide bonds. The minimum Gasteiger partial charge on any atom is -0.490 e. The smallest absolute Gasteiger partial charge is 0.142 e. The summed E-state index contributed by atoms with van der Waals surface area (Å²) >= 11 is 0. The zero-order valence-corrected chi connectivity index (χ0v) is 13.6. The molecule has 0 radical (unpaired) electrons. The van der Waals surface area contributed by atoms with Crippen LogP contribution in [0.25, 0.3) is 16.7 Å². The van der Waals surface area contributed by atoms with Gasteiger partial charge >= 0.3 is 0 Å². The lowest BCUT2D eigenvalue weighted by atomic mass is 10.2. The van der Waals surface area contributed by atoms with Crippen molar-refractivity contribution in [1.82, 2.24) is 14.5 Å². The van der Waals surface area contributed by atoms with E-state index in [1.165, 1.54) is 12.8 Å². The highest BCUT2D eigenvalue weighted by Crippen LogP contribution is 2.39. The van der Waals surface area contributed by atoms with Crippen molar-refractivity contribution in [3.05, 3.63) is 42.5 Å². The number of aromatic nitrogens is 3. The van der Waals surface area contributed by atoms with Gasteiger partial charge in [-0.15, -0.1) is 0 Å². The molecule has 0 spiro atoms. The van der Waals surface area contributed by atoms with Gasteiger partial charge in [0.1, 0.15) is 24.5 Å². The number of hydrogen-bond donors (Lipinski definition) is 1. The molecule has 1 fully saturated rings. The van der Waals surface area contributed by atoms with Crippen LogP contribution in [0.5, 0.6) is 5.75 Å². The van der Waals surface area contributed by atoms with Crippen LogP contribution in [0.3, 0.4) is 0 Å². The van der Waals surface area contributed by atoms with Gasteiger partial charge in [0.15, 0.2) is 0 Å². The normalized spacial score (nSPS) is 14.2. The van der Waals surface area contributed by atoms with E-state index in [0.717, 1.165) is 28.2 Å². The Balaban J connectivity index is 1.75. The van der Waals surface area contributed by atoms with Crippen LogP contribution in [-0.2, 0) is 4.74 Å². The topological polar surface area (TPSA) is 75.2 Å². The molecule has 2 aromatic heterocycles. The van der Waals surface area contributed by atoms with Crippen molar-refractivity contribution in [2.45, 2.75) is 18.8 Å². The maximum absolute atomic E-state index is 5.92. The Bertz CT molecular complexity index is 871. The number of rotatable bonds is 6. The van der Waals surface area contributed by atoms with E-state index < -0.39 is 0 Å². The Morgan fingerprint density at radius 3 is 2.92 bits per heavy atom. The summed E-state index contributed by atoms with van der Waals surface area (Å²) in [6.45, 7) is 0.999. The van der Waals surface area contributed by atoms with E-state index in [0.29, 0.717) is 24.8 Å². The predicted octanol–water partition coefficient (Wildman–Crippen LogP) is 2.91. The van der Waals surface area contributed by atoms with Crippen LogP contribution in [-0.4, -0.2) is 34.9 Å². The fourth-order valence-electron chi connectivity index (χ4n) is 2.74. The maximum Gasteiger partial charge on any atom is 0.142 e.